The lowest BCUT2D eigenvalue weighted by atomic mass is 10.0. The van der Waals surface area contributed by atoms with Crippen LogP contribution in [0.2, 0.25) is 0 Å². The summed E-state index contributed by atoms with van der Waals surface area (Å²) in [5.74, 6) is 0.115. The van der Waals surface area contributed by atoms with Crippen LogP contribution in [0.1, 0.15) is 16.1 Å². The summed E-state index contributed by atoms with van der Waals surface area (Å²) in [6, 6.07) is 24.2. The van der Waals surface area contributed by atoms with Crippen molar-refractivity contribution in [3.8, 4) is 11.1 Å². The van der Waals surface area contributed by atoms with Crippen LogP contribution in [0.5, 0.6) is 0 Å². The van der Waals surface area contributed by atoms with Gasteiger partial charge in [-0.2, -0.15) is 0 Å². The summed E-state index contributed by atoms with van der Waals surface area (Å²) in [7, 11) is 0. The monoisotopic (exact) mass is 396 g/mol. The van der Waals surface area contributed by atoms with E-state index in [2.05, 4.69) is 32.6 Å². The van der Waals surface area contributed by atoms with Gasteiger partial charge in [0.15, 0.2) is 0 Å². The molecule has 0 atom stereocenters. The molecule has 5 rings (SSSR count). The van der Waals surface area contributed by atoms with Gasteiger partial charge >= 0.3 is 0 Å². The number of nitrogens with zero attached hydrogens (tertiary/aromatic N) is 4. The molecule has 5 heteroatoms. The number of imidazole rings is 1. The number of fused-ring (bicyclic) bond motifs is 1. The molecule has 1 amide bonds. The molecule has 150 valence electrons. The molecule has 3 heterocycles. The third-order valence-corrected chi connectivity index (χ3v) is 5.78. The Morgan fingerprint density at radius 1 is 0.800 bits per heavy atom. The van der Waals surface area contributed by atoms with E-state index in [0.29, 0.717) is 0 Å². The van der Waals surface area contributed by atoms with Gasteiger partial charge in [0.05, 0.1) is 11.9 Å². The van der Waals surface area contributed by atoms with Crippen molar-refractivity contribution in [2.75, 3.05) is 26.2 Å². The number of carbonyl (C=O) groups is 1. The highest BCUT2D eigenvalue weighted by atomic mass is 16.2. The molecular formula is C25H24N4O. The van der Waals surface area contributed by atoms with Crippen molar-refractivity contribution in [2.45, 2.75) is 6.54 Å². The number of hydrogen-bond donors (Lipinski definition) is 0. The topological polar surface area (TPSA) is 40.9 Å². The van der Waals surface area contributed by atoms with E-state index in [0.717, 1.165) is 55.1 Å². The second-order valence-electron chi connectivity index (χ2n) is 7.69. The standard InChI is InChI=1S/C25H24N4O/c30-25(22-11-9-21(10-12-22)20-6-2-1-3-7-20)28-16-14-27(15-17-28)19-23-18-26-24-8-4-5-13-29(23)24/h1-13,18H,14-17,19H2. The van der Waals surface area contributed by atoms with E-state index in [9.17, 15) is 4.79 Å². The third kappa shape index (κ3) is 3.72. The van der Waals surface area contributed by atoms with Gasteiger partial charge in [-0.25, -0.2) is 4.98 Å². The van der Waals surface area contributed by atoms with Gasteiger partial charge < -0.3 is 9.30 Å². The molecule has 0 N–H and O–H groups in total. The highest BCUT2D eigenvalue weighted by molar-refractivity contribution is 5.94. The molecule has 5 nitrogen and oxygen atoms in total. The van der Waals surface area contributed by atoms with Crippen molar-refractivity contribution in [1.29, 1.82) is 0 Å². The van der Waals surface area contributed by atoms with Crippen molar-refractivity contribution >= 4 is 11.6 Å². The van der Waals surface area contributed by atoms with Gasteiger partial charge in [0, 0.05) is 44.5 Å². The number of pyridine rings is 1. The summed E-state index contributed by atoms with van der Waals surface area (Å²) in [4.78, 5) is 21.8. The maximum Gasteiger partial charge on any atom is 0.253 e. The summed E-state index contributed by atoms with van der Waals surface area (Å²) >= 11 is 0. The lowest BCUT2D eigenvalue weighted by molar-refractivity contribution is 0.0626. The van der Waals surface area contributed by atoms with Crippen LogP contribution in [0.4, 0.5) is 0 Å². The van der Waals surface area contributed by atoms with Gasteiger partial charge in [-0.05, 0) is 35.4 Å². The Bertz CT molecular complexity index is 1140. The quantitative estimate of drug-likeness (QED) is 0.524. The minimum absolute atomic E-state index is 0.115. The number of hydrogen-bond acceptors (Lipinski definition) is 3. The Labute approximate surface area is 176 Å². The van der Waals surface area contributed by atoms with Crippen LogP contribution in [0.15, 0.2) is 85.2 Å². The lowest BCUT2D eigenvalue weighted by Crippen LogP contribution is -2.48. The maximum absolute atomic E-state index is 12.9. The van der Waals surface area contributed by atoms with Crippen molar-refractivity contribution in [2.24, 2.45) is 0 Å². The van der Waals surface area contributed by atoms with E-state index < -0.39 is 0 Å². The molecule has 30 heavy (non-hydrogen) atoms. The number of aromatic nitrogens is 2. The first-order valence-electron chi connectivity index (χ1n) is 10.4. The SMILES string of the molecule is O=C(c1ccc(-c2ccccc2)cc1)N1CCN(Cc2cnc3ccccn23)CC1. The van der Waals surface area contributed by atoms with E-state index in [4.69, 9.17) is 0 Å². The van der Waals surface area contributed by atoms with Crippen LogP contribution < -0.4 is 0 Å². The maximum atomic E-state index is 12.9. The molecule has 2 aromatic heterocycles. The number of rotatable bonds is 4. The highest BCUT2D eigenvalue weighted by Gasteiger charge is 2.22. The predicted molar refractivity (Wildman–Crippen MR) is 118 cm³/mol. The zero-order chi connectivity index (χ0) is 20.3. The van der Waals surface area contributed by atoms with Gasteiger partial charge in [-0.3, -0.25) is 9.69 Å². The van der Waals surface area contributed by atoms with Gasteiger partial charge in [-0.1, -0.05) is 48.5 Å². The van der Waals surface area contributed by atoms with Crippen LogP contribution >= 0.6 is 0 Å². The molecule has 0 radical (unpaired) electrons. The van der Waals surface area contributed by atoms with E-state index >= 15 is 0 Å². The van der Waals surface area contributed by atoms with Crippen molar-refractivity contribution in [3.05, 3.63) is 96.4 Å². The van der Waals surface area contributed by atoms with Crippen LogP contribution in [0.3, 0.4) is 0 Å². The average molecular weight is 396 g/mol. The fourth-order valence-corrected chi connectivity index (χ4v) is 4.06. The van der Waals surface area contributed by atoms with Crippen LogP contribution in [0.25, 0.3) is 16.8 Å². The first-order valence-corrected chi connectivity index (χ1v) is 10.4. The van der Waals surface area contributed by atoms with E-state index in [-0.39, 0.29) is 5.91 Å². The van der Waals surface area contributed by atoms with Gasteiger partial charge in [-0.15, -0.1) is 0 Å². The van der Waals surface area contributed by atoms with Crippen molar-refractivity contribution in [1.82, 2.24) is 19.2 Å². The third-order valence-electron chi connectivity index (χ3n) is 5.78. The molecule has 0 aliphatic carbocycles. The number of carbonyl (C=O) groups excluding carboxylic acids is 1. The average Bonchev–Trinajstić information content (AvgIpc) is 3.23. The minimum Gasteiger partial charge on any atom is -0.336 e. The van der Waals surface area contributed by atoms with Crippen LogP contribution in [-0.4, -0.2) is 51.3 Å². The molecule has 1 saturated heterocycles. The number of piperazine rings is 1. The number of benzene rings is 2. The zero-order valence-corrected chi connectivity index (χ0v) is 16.8. The fourth-order valence-electron chi connectivity index (χ4n) is 4.06. The van der Waals surface area contributed by atoms with E-state index in [1.54, 1.807) is 0 Å². The second-order valence-corrected chi connectivity index (χ2v) is 7.69. The first-order chi connectivity index (χ1) is 14.8. The van der Waals surface area contributed by atoms with Gasteiger partial charge in [0.2, 0.25) is 0 Å². The smallest absolute Gasteiger partial charge is 0.253 e. The van der Waals surface area contributed by atoms with Crippen LogP contribution in [-0.2, 0) is 6.54 Å². The minimum atomic E-state index is 0.115. The second kappa shape index (κ2) is 8.13. The predicted octanol–water partition coefficient (Wildman–Crippen LogP) is 3.96. The molecule has 2 aromatic carbocycles. The molecule has 0 saturated carbocycles. The van der Waals surface area contributed by atoms with Crippen molar-refractivity contribution in [3.63, 3.8) is 0 Å². The van der Waals surface area contributed by atoms with E-state index in [1.807, 2.05) is 71.8 Å². The Balaban J connectivity index is 1.20. The van der Waals surface area contributed by atoms with Gasteiger partial charge in [0.1, 0.15) is 5.65 Å². The molecule has 4 aromatic rings. The van der Waals surface area contributed by atoms with Gasteiger partial charge in [0.25, 0.3) is 5.91 Å². The lowest BCUT2D eigenvalue weighted by Gasteiger charge is -2.34. The molecule has 0 spiro atoms. The van der Waals surface area contributed by atoms with E-state index in [1.165, 1.54) is 5.69 Å². The highest BCUT2D eigenvalue weighted by Crippen LogP contribution is 2.20. The normalized spacial score (nSPS) is 14.9. The molecule has 1 fully saturated rings. The molecule has 0 unspecified atom stereocenters. The first kappa shape index (κ1) is 18.6. The summed E-state index contributed by atoms with van der Waals surface area (Å²) < 4.78 is 2.13. The Morgan fingerprint density at radius 3 is 2.27 bits per heavy atom. The molecule has 1 aliphatic heterocycles. The Morgan fingerprint density at radius 2 is 1.50 bits per heavy atom. The number of amides is 1. The summed E-state index contributed by atoms with van der Waals surface area (Å²) in [6.07, 6.45) is 4.00. The fraction of sp³-hybridized carbons (Fsp3) is 0.200. The Kier molecular flexibility index (Phi) is 5.03. The summed E-state index contributed by atoms with van der Waals surface area (Å²) in [5, 5.41) is 0. The zero-order valence-electron chi connectivity index (χ0n) is 16.8. The van der Waals surface area contributed by atoms with Crippen molar-refractivity contribution < 1.29 is 4.79 Å². The van der Waals surface area contributed by atoms with Crippen LogP contribution in [0, 0.1) is 0 Å². The molecular weight excluding hydrogens is 372 g/mol. The largest absolute Gasteiger partial charge is 0.336 e. The molecule has 0 bridgehead atoms. The molecule has 1 aliphatic rings. The Hall–Kier alpha value is -3.44. The summed E-state index contributed by atoms with van der Waals surface area (Å²) in [5.41, 5.74) is 5.20. The summed E-state index contributed by atoms with van der Waals surface area (Å²) in [6.45, 7) is 4.08.